The van der Waals surface area contributed by atoms with Gasteiger partial charge in [0.2, 0.25) is 5.91 Å². The fraction of sp³-hybridized carbons (Fsp3) is 0.235. The second kappa shape index (κ2) is 6.31. The third kappa shape index (κ3) is 3.45. The number of halogens is 1. The normalized spacial score (nSPS) is 11.0. The fourth-order valence-corrected chi connectivity index (χ4v) is 2.54. The molecule has 0 heterocycles. The molecule has 3 nitrogen and oxygen atoms in total. The SMILES string of the molecule is COc1ccccc1C(C)(C)C(=O)Nc1cccc(Br)c1. The first-order valence-electron chi connectivity index (χ1n) is 6.65. The summed E-state index contributed by atoms with van der Waals surface area (Å²) in [7, 11) is 1.61. The van der Waals surface area contributed by atoms with E-state index in [1.54, 1.807) is 7.11 Å². The Balaban J connectivity index is 2.28. The molecule has 110 valence electrons. The van der Waals surface area contributed by atoms with E-state index in [1.807, 2.05) is 62.4 Å². The van der Waals surface area contributed by atoms with Crippen LogP contribution in [0.2, 0.25) is 0 Å². The maximum absolute atomic E-state index is 12.6. The van der Waals surface area contributed by atoms with Crippen LogP contribution in [-0.4, -0.2) is 13.0 Å². The molecule has 2 aromatic carbocycles. The number of methoxy groups -OCH3 is 1. The van der Waals surface area contributed by atoms with Crippen LogP contribution in [0.15, 0.2) is 53.0 Å². The largest absolute Gasteiger partial charge is 0.496 e. The molecule has 0 unspecified atom stereocenters. The zero-order chi connectivity index (χ0) is 15.5. The summed E-state index contributed by atoms with van der Waals surface area (Å²) >= 11 is 3.40. The Labute approximate surface area is 133 Å². The molecular weight excluding hydrogens is 330 g/mol. The fourth-order valence-electron chi connectivity index (χ4n) is 2.14. The molecule has 0 aliphatic carbocycles. The molecule has 2 rings (SSSR count). The number of rotatable bonds is 4. The van der Waals surface area contributed by atoms with Gasteiger partial charge >= 0.3 is 0 Å². The van der Waals surface area contributed by atoms with Crippen LogP contribution in [-0.2, 0) is 10.2 Å². The van der Waals surface area contributed by atoms with Gasteiger partial charge in [0.1, 0.15) is 5.75 Å². The van der Waals surface area contributed by atoms with Gasteiger partial charge in [-0.25, -0.2) is 0 Å². The topological polar surface area (TPSA) is 38.3 Å². The average Bonchev–Trinajstić information content (AvgIpc) is 2.47. The van der Waals surface area contributed by atoms with Crippen LogP contribution in [0.5, 0.6) is 5.75 Å². The number of amides is 1. The van der Waals surface area contributed by atoms with Crippen molar-refractivity contribution in [2.24, 2.45) is 0 Å². The molecule has 0 aliphatic rings. The second-order valence-electron chi connectivity index (χ2n) is 5.29. The van der Waals surface area contributed by atoms with Crippen molar-refractivity contribution in [3.8, 4) is 5.75 Å². The maximum atomic E-state index is 12.6. The van der Waals surface area contributed by atoms with Crippen LogP contribution in [0.25, 0.3) is 0 Å². The van der Waals surface area contributed by atoms with Crippen molar-refractivity contribution >= 4 is 27.5 Å². The van der Waals surface area contributed by atoms with E-state index in [4.69, 9.17) is 4.74 Å². The van der Waals surface area contributed by atoms with Crippen molar-refractivity contribution in [1.82, 2.24) is 0 Å². The van der Waals surface area contributed by atoms with Gasteiger partial charge in [-0.15, -0.1) is 0 Å². The number of carbonyl (C=O) groups is 1. The minimum Gasteiger partial charge on any atom is -0.496 e. The molecule has 0 atom stereocenters. The number of hydrogen-bond donors (Lipinski definition) is 1. The summed E-state index contributed by atoms with van der Waals surface area (Å²) in [5.41, 5.74) is 0.923. The third-order valence-corrected chi connectivity index (χ3v) is 3.92. The molecule has 0 bridgehead atoms. The highest BCUT2D eigenvalue weighted by molar-refractivity contribution is 9.10. The number of ether oxygens (including phenoxy) is 1. The molecule has 0 aliphatic heterocycles. The van der Waals surface area contributed by atoms with Gasteiger partial charge in [0, 0.05) is 15.7 Å². The van der Waals surface area contributed by atoms with Gasteiger partial charge in [0.25, 0.3) is 0 Å². The Bertz CT molecular complexity index is 653. The van der Waals surface area contributed by atoms with Crippen LogP contribution in [0.1, 0.15) is 19.4 Å². The molecule has 0 fully saturated rings. The van der Waals surface area contributed by atoms with E-state index >= 15 is 0 Å². The Hall–Kier alpha value is -1.81. The van der Waals surface area contributed by atoms with E-state index < -0.39 is 5.41 Å². The van der Waals surface area contributed by atoms with Crippen molar-refractivity contribution in [1.29, 1.82) is 0 Å². The number of para-hydroxylation sites is 1. The molecule has 0 radical (unpaired) electrons. The van der Waals surface area contributed by atoms with E-state index in [-0.39, 0.29) is 5.91 Å². The summed E-state index contributed by atoms with van der Waals surface area (Å²) < 4.78 is 6.29. The summed E-state index contributed by atoms with van der Waals surface area (Å²) in [6.07, 6.45) is 0. The Morgan fingerprint density at radius 1 is 1.14 bits per heavy atom. The average molecular weight is 348 g/mol. The minimum absolute atomic E-state index is 0.0786. The third-order valence-electron chi connectivity index (χ3n) is 3.43. The van der Waals surface area contributed by atoms with Crippen molar-refractivity contribution < 1.29 is 9.53 Å². The van der Waals surface area contributed by atoms with Crippen LogP contribution in [0, 0.1) is 0 Å². The van der Waals surface area contributed by atoms with Gasteiger partial charge in [-0.2, -0.15) is 0 Å². The summed E-state index contributed by atoms with van der Waals surface area (Å²) in [6, 6.07) is 15.1. The quantitative estimate of drug-likeness (QED) is 0.891. The molecular formula is C17H18BrNO2. The molecule has 0 saturated heterocycles. The number of hydrogen-bond acceptors (Lipinski definition) is 2. The summed E-state index contributed by atoms with van der Waals surface area (Å²) in [6.45, 7) is 3.77. The lowest BCUT2D eigenvalue weighted by atomic mass is 9.83. The first-order valence-corrected chi connectivity index (χ1v) is 7.45. The van der Waals surface area contributed by atoms with Gasteiger partial charge in [-0.05, 0) is 38.1 Å². The highest BCUT2D eigenvalue weighted by Crippen LogP contribution is 2.32. The Kier molecular flexibility index (Phi) is 4.68. The summed E-state index contributed by atoms with van der Waals surface area (Å²) in [5.74, 6) is 0.636. The molecule has 0 saturated carbocycles. The van der Waals surface area contributed by atoms with Crippen LogP contribution >= 0.6 is 15.9 Å². The lowest BCUT2D eigenvalue weighted by Gasteiger charge is -2.26. The van der Waals surface area contributed by atoms with Crippen molar-refractivity contribution in [2.45, 2.75) is 19.3 Å². The monoisotopic (exact) mass is 347 g/mol. The smallest absolute Gasteiger partial charge is 0.234 e. The van der Waals surface area contributed by atoms with Crippen LogP contribution < -0.4 is 10.1 Å². The van der Waals surface area contributed by atoms with E-state index in [0.29, 0.717) is 5.75 Å². The van der Waals surface area contributed by atoms with E-state index in [2.05, 4.69) is 21.2 Å². The van der Waals surface area contributed by atoms with Gasteiger partial charge < -0.3 is 10.1 Å². The van der Waals surface area contributed by atoms with E-state index in [9.17, 15) is 4.79 Å². The summed E-state index contributed by atoms with van der Waals surface area (Å²) in [4.78, 5) is 12.6. The lowest BCUT2D eigenvalue weighted by Crippen LogP contribution is -2.35. The standard InChI is InChI=1S/C17H18BrNO2/c1-17(2,14-9-4-5-10-15(14)21-3)16(20)19-13-8-6-7-12(18)11-13/h4-11H,1-3H3,(H,19,20). The first kappa shape index (κ1) is 15.6. The zero-order valence-corrected chi connectivity index (χ0v) is 13.9. The molecule has 1 N–H and O–H groups in total. The van der Waals surface area contributed by atoms with Gasteiger partial charge in [0.15, 0.2) is 0 Å². The predicted octanol–water partition coefficient (Wildman–Crippen LogP) is 4.37. The number of carbonyl (C=O) groups excluding carboxylic acids is 1. The molecule has 4 heteroatoms. The lowest BCUT2D eigenvalue weighted by molar-refractivity contribution is -0.120. The highest BCUT2D eigenvalue weighted by atomic mass is 79.9. The molecule has 21 heavy (non-hydrogen) atoms. The highest BCUT2D eigenvalue weighted by Gasteiger charge is 2.32. The van der Waals surface area contributed by atoms with E-state index in [1.165, 1.54) is 0 Å². The van der Waals surface area contributed by atoms with Gasteiger partial charge in [-0.3, -0.25) is 4.79 Å². The molecule has 1 amide bonds. The molecule has 0 spiro atoms. The van der Waals surface area contributed by atoms with Crippen LogP contribution in [0.3, 0.4) is 0 Å². The maximum Gasteiger partial charge on any atom is 0.234 e. The molecule has 2 aromatic rings. The molecule has 0 aromatic heterocycles. The van der Waals surface area contributed by atoms with Gasteiger partial charge in [-0.1, -0.05) is 40.2 Å². The first-order chi connectivity index (χ1) is 9.95. The van der Waals surface area contributed by atoms with Gasteiger partial charge in [0.05, 0.1) is 12.5 Å². The van der Waals surface area contributed by atoms with Crippen LogP contribution in [0.4, 0.5) is 5.69 Å². The zero-order valence-electron chi connectivity index (χ0n) is 12.3. The Morgan fingerprint density at radius 2 is 1.86 bits per heavy atom. The van der Waals surface area contributed by atoms with Crippen molar-refractivity contribution in [3.05, 3.63) is 58.6 Å². The predicted molar refractivity (Wildman–Crippen MR) is 88.8 cm³/mol. The number of nitrogens with one attached hydrogen (secondary N) is 1. The van der Waals surface area contributed by atoms with Crippen molar-refractivity contribution in [2.75, 3.05) is 12.4 Å². The van der Waals surface area contributed by atoms with E-state index in [0.717, 1.165) is 15.7 Å². The Morgan fingerprint density at radius 3 is 2.52 bits per heavy atom. The minimum atomic E-state index is -0.699. The summed E-state index contributed by atoms with van der Waals surface area (Å²) in [5, 5.41) is 2.95. The number of benzene rings is 2. The second-order valence-corrected chi connectivity index (χ2v) is 6.21. The van der Waals surface area contributed by atoms with Crippen molar-refractivity contribution in [3.63, 3.8) is 0 Å². The number of anilines is 1.